The minimum atomic E-state index is 0.355. The summed E-state index contributed by atoms with van der Waals surface area (Å²) in [5.41, 5.74) is 1.10. The van der Waals surface area contributed by atoms with Crippen LogP contribution in [-0.4, -0.2) is 37.8 Å². The molecule has 1 saturated heterocycles. The molecule has 4 nitrogen and oxygen atoms in total. The van der Waals surface area contributed by atoms with E-state index in [1.807, 2.05) is 0 Å². The first-order valence-corrected chi connectivity index (χ1v) is 8.14. The molecule has 1 aromatic rings. The maximum absolute atomic E-state index is 5.81. The highest BCUT2D eigenvalue weighted by Crippen LogP contribution is 2.16. The lowest BCUT2D eigenvalue weighted by Gasteiger charge is -2.28. The average molecular weight is 291 g/mol. The third-order valence-electron chi connectivity index (χ3n) is 3.79. The average Bonchev–Trinajstić information content (AvgIpc) is 2.48. The Kier molecular flexibility index (Phi) is 6.46. The van der Waals surface area contributed by atoms with Crippen LogP contribution in [0.4, 0.5) is 5.82 Å². The Bertz CT molecular complexity index is 416. The zero-order valence-corrected chi connectivity index (χ0v) is 13.6. The van der Waals surface area contributed by atoms with Gasteiger partial charge in [-0.1, -0.05) is 19.9 Å². The van der Waals surface area contributed by atoms with Crippen LogP contribution in [0.2, 0.25) is 0 Å². The molecule has 1 N–H and O–H groups in total. The first kappa shape index (κ1) is 16.2. The SMILES string of the molecule is CC(C)CNCc1cccc(N(C)CC2CCCCO2)n1. The molecule has 2 rings (SSSR count). The molecule has 1 atom stereocenters. The number of nitrogens with one attached hydrogen (secondary N) is 1. The fraction of sp³-hybridized carbons (Fsp3) is 0.706. The minimum Gasteiger partial charge on any atom is -0.376 e. The quantitative estimate of drug-likeness (QED) is 0.838. The minimum absolute atomic E-state index is 0.355. The van der Waals surface area contributed by atoms with E-state index in [1.54, 1.807) is 0 Å². The van der Waals surface area contributed by atoms with Gasteiger partial charge in [-0.05, 0) is 43.9 Å². The van der Waals surface area contributed by atoms with E-state index in [9.17, 15) is 0 Å². The molecule has 4 heteroatoms. The van der Waals surface area contributed by atoms with E-state index < -0.39 is 0 Å². The van der Waals surface area contributed by atoms with E-state index in [4.69, 9.17) is 9.72 Å². The Morgan fingerprint density at radius 1 is 1.38 bits per heavy atom. The number of hydrogen-bond donors (Lipinski definition) is 1. The molecule has 21 heavy (non-hydrogen) atoms. The van der Waals surface area contributed by atoms with Crippen LogP contribution in [0.3, 0.4) is 0 Å². The zero-order valence-electron chi connectivity index (χ0n) is 13.6. The molecular weight excluding hydrogens is 262 g/mol. The fourth-order valence-electron chi connectivity index (χ4n) is 2.62. The van der Waals surface area contributed by atoms with Gasteiger partial charge in [0, 0.05) is 26.7 Å². The van der Waals surface area contributed by atoms with Gasteiger partial charge in [-0.25, -0.2) is 4.98 Å². The maximum Gasteiger partial charge on any atom is 0.128 e. The summed E-state index contributed by atoms with van der Waals surface area (Å²) < 4.78 is 5.81. The summed E-state index contributed by atoms with van der Waals surface area (Å²) in [4.78, 5) is 6.95. The molecule has 0 bridgehead atoms. The predicted octanol–water partition coefficient (Wildman–Crippen LogP) is 2.83. The first-order chi connectivity index (χ1) is 10.1. The predicted molar refractivity (Wildman–Crippen MR) is 87.6 cm³/mol. The van der Waals surface area contributed by atoms with Gasteiger partial charge in [0.05, 0.1) is 11.8 Å². The first-order valence-electron chi connectivity index (χ1n) is 8.14. The van der Waals surface area contributed by atoms with Crippen LogP contribution < -0.4 is 10.2 Å². The number of anilines is 1. The molecule has 1 unspecified atom stereocenters. The van der Waals surface area contributed by atoms with Crippen LogP contribution in [0.15, 0.2) is 18.2 Å². The number of pyridine rings is 1. The normalized spacial score (nSPS) is 19.0. The second-order valence-corrected chi connectivity index (χ2v) is 6.38. The Hall–Kier alpha value is -1.13. The third-order valence-corrected chi connectivity index (χ3v) is 3.79. The van der Waals surface area contributed by atoms with E-state index in [-0.39, 0.29) is 0 Å². The van der Waals surface area contributed by atoms with Crippen molar-refractivity contribution < 1.29 is 4.74 Å². The van der Waals surface area contributed by atoms with E-state index in [2.05, 4.69) is 49.3 Å². The van der Waals surface area contributed by atoms with Crippen LogP contribution in [-0.2, 0) is 11.3 Å². The van der Waals surface area contributed by atoms with Gasteiger partial charge in [-0.2, -0.15) is 0 Å². The molecule has 0 amide bonds. The summed E-state index contributed by atoms with van der Waals surface area (Å²) in [6, 6.07) is 6.25. The molecule has 1 aliphatic heterocycles. The zero-order chi connectivity index (χ0) is 15.1. The van der Waals surface area contributed by atoms with E-state index in [1.165, 1.54) is 19.3 Å². The van der Waals surface area contributed by atoms with Crippen LogP contribution in [0.1, 0.15) is 38.8 Å². The van der Waals surface area contributed by atoms with E-state index >= 15 is 0 Å². The van der Waals surface area contributed by atoms with Crippen molar-refractivity contribution >= 4 is 5.82 Å². The summed E-state index contributed by atoms with van der Waals surface area (Å²) in [5, 5.41) is 3.44. The number of aromatic nitrogens is 1. The topological polar surface area (TPSA) is 37.4 Å². The lowest BCUT2D eigenvalue weighted by molar-refractivity contribution is 0.0215. The number of nitrogens with zero attached hydrogens (tertiary/aromatic N) is 2. The highest BCUT2D eigenvalue weighted by Gasteiger charge is 2.16. The Balaban J connectivity index is 1.86. The van der Waals surface area contributed by atoms with Gasteiger partial charge in [-0.15, -0.1) is 0 Å². The van der Waals surface area contributed by atoms with Crippen molar-refractivity contribution in [2.24, 2.45) is 5.92 Å². The second kappa shape index (κ2) is 8.35. The summed E-state index contributed by atoms with van der Waals surface area (Å²) >= 11 is 0. The lowest BCUT2D eigenvalue weighted by Crippen LogP contribution is -2.33. The number of rotatable bonds is 7. The standard InChI is InChI=1S/C17H29N3O/c1-14(2)11-18-12-15-7-6-9-17(19-15)20(3)13-16-8-4-5-10-21-16/h6-7,9,14,16,18H,4-5,8,10-13H2,1-3H3. The summed E-state index contributed by atoms with van der Waals surface area (Å²) in [7, 11) is 2.10. The van der Waals surface area contributed by atoms with Gasteiger partial charge in [0.2, 0.25) is 0 Å². The van der Waals surface area contributed by atoms with Crippen molar-refractivity contribution in [1.29, 1.82) is 0 Å². The molecular formula is C17H29N3O. The van der Waals surface area contributed by atoms with E-state index in [0.717, 1.165) is 37.8 Å². The van der Waals surface area contributed by atoms with Gasteiger partial charge in [0.25, 0.3) is 0 Å². The third kappa shape index (κ3) is 5.64. The lowest BCUT2D eigenvalue weighted by atomic mass is 10.1. The van der Waals surface area contributed by atoms with Crippen LogP contribution in [0, 0.1) is 5.92 Å². The van der Waals surface area contributed by atoms with Gasteiger partial charge >= 0.3 is 0 Å². The maximum atomic E-state index is 5.81. The fourth-order valence-corrected chi connectivity index (χ4v) is 2.62. The van der Waals surface area contributed by atoms with Crippen LogP contribution in [0.25, 0.3) is 0 Å². The van der Waals surface area contributed by atoms with Crippen molar-refractivity contribution in [3.05, 3.63) is 23.9 Å². The molecule has 0 aliphatic carbocycles. The molecule has 1 fully saturated rings. The molecule has 0 radical (unpaired) electrons. The Morgan fingerprint density at radius 2 is 2.24 bits per heavy atom. The van der Waals surface area contributed by atoms with Crippen molar-refractivity contribution in [2.45, 2.75) is 45.8 Å². The Morgan fingerprint density at radius 3 is 2.95 bits per heavy atom. The summed E-state index contributed by atoms with van der Waals surface area (Å²) in [6.07, 6.45) is 4.01. The van der Waals surface area contributed by atoms with Crippen molar-refractivity contribution in [1.82, 2.24) is 10.3 Å². The van der Waals surface area contributed by atoms with Crippen LogP contribution >= 0.6 is 0 Å². The largest absolute Gasteiger partial charge is 0.376 e. The van der Waals surface area contributed by atoms with Gasteiger partial charge in [0.1, 0.15) is 5.82 Å². The van der Waals surface area contributed by atoms with E-state index in [0.29, 0.717) is 12.0 Å². The number of hydrogen-bond acceptors (Lipinski definition) is 4. The van der Waals surface area contributed by atoms with Crippen LogP contribution in [0.5, 0.6) is 0 Å². The summed E-state index contributed by atoms with van der Waals surface area (Å²) in [6.45, 7) is 8.13. The smallest absolute Gasteiger partial charge is 0.128 e. The molecule has 0 aromatic carbocycles. The van der Waals surface area contributed by atoms with Crippen molar-refractivity contribution in [3.8, 4) is 0 Å². The highest BCUT2D eigenvalue weighted by atomic mass is 16.5. The molecule has 118 valence electrons. The molecule has 2 heterocycles. The number of likely N-dealkylation sites (N-methyl/N-ethyl adjacent to an activating group) is 1. The van der Waals surface area contributed by atoms with Gasteiger partial charge in [0.15, 0.2) is 0 Å². The molecule has 0 saturated carbocycles. The number of ether oxygens (including phenoxy) is 1. The molecule has 0 spiro atoms. The molecule has 1 aromatic heterocycles. The Labute approximate surface area is 128 Å². The molecule has 1 aliphatic rings. The highest BCUT2D eigenvalue weighted by molar-refractivity contribution is 5.38. The monoisotopic (exact) mass is 291 g/mol. The van der Waals surface area contributed by atoms with Gasteiger partial charge in [-0.3, -0.25) is 0 Å². The van der Waals surface area contributed by atoms with Crippen molar-refractivity contribution in [2.75, 3.05) is 31.6 Å². The van der Waals surface area contributed by atoms with Gasteiger partial charge < -0.3 is 15.0 Å². The van der Waals surface area contributed by atoms with Crippen molar-refractivity contribution in [3.63, 3.8) is 0 Å². The second-order valence-electron chi connectivity index (χ2n) is 6.38. The summed E-state index contributed by atoms with van der Waals surface area (Å²) in [5.74, 6) is 1.70.